The standard InChI is InChI=1S/C16H17NO/c17-10-11-1-3-12(4-2-11)13-5-7-15-14(9-13)6-8-16(15)18/h1-5,7,9,16,18H,6,8,10,17H2. The van der Waals surface area contributed by atoms with Gasteiger partial charge in [-0.25, -0.2) is 0 Å². The van der Waals surface area contributed by atoms with Crippen LogP contribution in [0.3, 0.4) is 0 Å². The van der Waals surface area contributed by atoms with Gasteiger partial charge >= 0.3 is 0 Å². The minimum absolute atomic E-state index is 0.270. The lowest BCUT2D eigenvalue weighted by molar-refractivity contribution is 0.180. The van der Waals surface area contributed by atoms with E-state index in [1.165, 1.54) is 16.7 Å². The molecule has 3 N–H and O–H groups in total. The summed E-state index contributed by atoms with van der Waals surface area (Å²) in [7, 11) is 0. The Bertz CT molecular complexity index is 560. The Balaban J connectivity index is 1.97. The second-order valence-electron chi connectivity index (χ2n) is 4.87. The lowest BCUT2D eigenvalue weighted by Gasteiger charge is -2.07. The Morgan fingerprint density at radius 3 is 2.50 bits per heavy atom. The first kappa shape index (κ1) is 11.5. The van der Waals surface area contributed by atoms with Crippen LogP contribution in [0.4, 0.5) is 0 Å². The van der Waals surface area contributed by atoms with Crippen molar-refractivity contribution in [1.29, 1.82) is 0 Å². The number of nitrogens with two attached hydrogens (primary N) is 1. The molecular weight excluding hydrogens is 222 g/mol. The molecule has 0 radical (unpaired) electrons. The molecule has 92 valence electrons. The summed E-state index contributed by atoms with van der Waals surface area (Å²) in [6.07, 6.45) is 1.56. The molecule has 0 heterocycles. The van der Waals surface area contributed by atoms with E-state index in [2.05, 4.69) is 42.5 Å². The van der Waals surface area contributed by atoms with Crippen LogP contribution in [0, 0.1) is 0 Å². The van der Waals surface area contributed by atoms with E-state index >= 15 is 0 Å². The Kier molecular flexibility index (Phi) is 2.90. The molecule has 1 atom stereocenters. The minimum atomic E-state index is -0.270. The molecule has 2 nitrogen and oxygen atoms in total. The third-order valence-electron chi connectivity index (χ3n) is 3.71. The summed E-state index contributed by atoms with van der Waals surface area (Å²) in [6.45, 7) is 0.580. The van der Waals surface area contributed by atoms with Gasteiger partial charge in [-0.15, -0.1) is 0 Å². The van der Waals surface area contributed by atoms with Gasteiger partial charge in [-0.1, -0.05) is 42.5 Å². The summed E-state index contributed by atoms with van der Waals surface area (Å²) in [5.41, 5.74) is 11.5. The van der Waals surface area contributed by atoms with Gasteiger partial charge in [0.15, 0.2) is 0 Å². The number of benzene rings is 2. The van der Waals surface area contributed by atoms with Gasteiger partial charge in [0.2, 0.25) is 0 Å². The molecule has 1 aliphatic carbocycles. The summed E-state index contributed by atoms with van der Waals surface area (Å²) >= 11 is 0. The Labute approximate surface area is 107 Å². The molecule has 1 aliphatic rings. The number of fused-ring (bicyclic) bond motifs is 1. The molecule has 0 aromatic heterocycles. The smallest absolute Gasteiger partial charge is 0.0795 e. The van der Waals surface area contributed by atoms with Crippen molar-refractivity contribution in [3.63, 3.8) is 0 Å². The van der Waals surface area contributed by atoms with Crippen LogP contribution < -0.4 is 5.73 Å². The van der Waals surface area contributed by atoms with Gasteiger partial charge in [0.05, 0.1) is 6.10 Å². The monoisotopic (exact) mass is 239 g/mol. The molecule has 1 unspecified atom stereocenters. The first-order chi connectivity index (χ1) is 8.78. The van der Waals surface area contributed by atoms with Crippen LogP contribution in [0.2, 0.25) is 0 Å². The highest BCUT2D eigenvalue weighted by molar-refractivity contribution is 5.65. The van der Waals surface area contributed by atoms with Gasteiger partial charge in [0, 0.05) is 6.54 Å². The number of rotatable bonds is 2. The number of aliphatic hydroxyl groups excluding tert-OH is 1. The topological polar surface area (TPSA) is 46.2 Å². The molecule has 0 fully saturated rings. The lowest BCUT2D eigenvalue weighted by Crippen LogP contribution is -1.95. The fourth-order valence-electron chi connectivity index (χ4n) is 2.61. The molecular formula is C16H17NO. The van der Waals surface area contributed by atoms with Crippen LogP contribution >= 0.6 is 0 Å². The van der Waals surface area contributed by atoms with E-state index in [0.29, 0.717) is 6.54 Å². The van der Waals surface area contributed by atoms with Gasteiger partial charge in [-0.3, -0.25) is 0 Å². The minimum Gasteiger partial charge on any atom is -0.388 e. The van der Waals surface area contributed by atoms with Gasteiger partial charge in [-0.05, 0) is 40.7 Å². The Morgan fingerprint density at radius 1 is 1.06 bits per heavy atom. The predicted octanol–water partition coefficient (Wildman–Crippen LogP) is 2.79. The molecule has 18 heavy (non-hydrogen) atoms. The maximum atomic E-state index is 9.80. The molecule has 2 aromatic rings. The molecule has 0 spiro atoms. The molecule has 0 amide bonds. The van der Waals surface area contributed by atoms with E-state index in [1.807, 2.05) is 0 Å². The number of hydrogen-bond acceptors (Lipinski definition) is 2. The normalized spacial score (nSPS) is 17.8. The highest BCUT2D eigenvalue weighted by Gasteiger charge is 2.20. The predicted molar refractivity (Wildman–Crippen MR) is 73.1 cm³/mol. The summed E-state index contributed by atoms with van der Waals surface area (Å²) in [4.78, 5) is 0. The van der Waals surface area contributed by atoms with Crippen molar-refractivity contribution >= 4 is 0 Å². The first-order valence-corrected chi connectivity index (χ1v) is 6.38. The van der Waals surface area contributed by atoms with E-state index in [4.69, 9.17) is 5.73 Å². The third kappa shape index (κ3) is 1.94. The van der Waals surface area contributed by atoms with Crippen molar-refractivity contribution in [3.05, 3.63) is 59.2 Å². The van der Waals surface area contributed by atoms with Gasteiger partial charge in [0.25, 0.3) is 0 Å². The summed E-state index contributed by atoms with van der Waals surface area (Å²) < 4.78 is 0. The van der Waals surface area contributed by atoms with E-state index in [0.717, 1.165) is 24.0 Å². The first-order valence-electron chi connectivity index (χ1n) is 6.38. The quantitative estimate of drug-likeness (QED) is 0.846. The summed E-state index contributed by atoms with van der Waals surface area (Å²) in [5.74, 6) is 0. The van der Waals surface area contributed by atoms with E-state index in [1.54, 1.807) is 0 Å². The molecule has 0 saturated carbocycles. The highest BCUT2D eigenvalue weighted by Crippen LogP contribution is 2.33. The van der Waals surface area contributed by atoms with Crippen molar-refractivity contribution < 1.29 is 5.11 Å². The zero-order chi connectivity index (χ0) is 12.5. The number of hydrogen-bond donors (Lipinski definition) is 2. The van der Waals surface area contributed by atoms with Crippen LogP contribution in [0.5, 0.6) is 0 Å². The van der Waals surface area contributed by atoms with Gasteiger partial charge in [-0.2, -0.15) is 0 Å². The second kappa shape index (κ2) is 4.56. The zero-order valence-corrected chi connectivity index (χ0v) is 10.3. The number of aryl methyl sites for hydroxylation is 1. The van der Waals surface area contributed by atoms with Crippen LogP contribution in [-0.4, -0.2) is 5.11 Å². The fraction of sp³-hybridized carbons (Fsp3) is 0.250. The third-order valence-corrected chi connectivity index (χ3v) is 3.71. The Hall–Kier alpha value is -1.64. The average Bonchev–Trinajstić information content (AvgIpc) is 2.80. The van der Waals surface area contributed by atoms with Crippen molar-refractivity contribution in [2.45, 2.75) is 25.5 Å². The van der Waals surface area contributed by atoms with Gasteiger partial charge < -0.3 is 10.8 Å². The molecule has 0 saturated heterocycles. The average molecular weight is 239 g/mol. The van der Waals surface area contributed by atoms with E-state index < -0.39 is 0 Å². The molecule has 2 aromatic carbocycles. The highest BCUT2D eigenvalue weighted by atomic mass is 16.3. The molecule has 0 aliphatic heterocycles. The zero-order valence-electron chi connectivity index (χ0n) is 10.3. The van der Waals surface area contributed by atoms with Crippen molar-refractivity contribution in [3.8, 4) is 11.1 Å². The van der Waals surface area contributed by atoms with Gasteiger partial charge in [0.1, 0.15) is 0 Å². The largest absolute Gasteiger partial charge is 0.388 e. The number of aliphatic hydroxyl groups is 1. The SMILES string of the molecule is NCc1ccc(-c2ccc3c(c2)CCC3O)cc1. The molecule has 3 rings (SSSR count). The van der Waals surface area contributed by atoms with E-state index in [9.17, 15) is 5.11 Å². The summed E-state index contributed by atoms with van der Waals surface area (Å²) in [5, 5.41) is 9.80. The second-order valence-corrected chi connectivity index (χ2v) is 4.87. The maximum Gasteiger partial charge on any atom is 0.0795 e. The van der Waals surface area contributed by atoms with Crippen LogP contribution in [0.25, 0.3) is 11.1 Å². The van der Waals surface area contributed by atoms with Crippen molar-refractivity contribution in [1.82, 2.24) is 0 Å². The maximum absolute atomic E-state index is 9.80. The van der Waals surface area contributed by atoms with Crippen LogP contribution in [0.15, 0.2) is 42.5 Å². The van der Waals surface area contributed by atoms with E-state index in [-0.39, 0.29) is 6.10 Å². The van der Waals surface area contributed by atoms with Crippen LogP contribution in [0.1, 0.15) is 29.2 Å². The fourth-order valence-corrected chi connectivity index (χ4v) is 2.61. The molecule has 2 heteroatoms. The van der Waals surface area contributed by atoms with Crippen LogP contribution in [-0.2, 0) is 13.0 Å². The molecule has 0 bridgehead atoms. The summed E-state index contributed by atoms with van der Waals surface area (Å²) in [6, 6.07) is 14.7. The Morgan fingerprint density at radius 2 is 1.78 bits per heavy atom. The van der Waals surface area contributed by atoms with Crippen molar-refractivity contribution in [2.24, 2.45) is 5.73 Å². The van der Waals surface area contributed by atoms with Crippen molar-refractivity contribution in [2.75, 3.05) is 0 Å². The lowest BCUT2D eigenvalue weighted by atomic mass is 9.99.